The Balaban J connectivity index is 1.94. The molecule has 0 aliphatic rings. The third-order valence-corrected chi connectivity index (χ3v) is 3.23. The lowest BCUT2D eigenvalue weighted by Crippen LogP contribution is -2.04. The van der Waals surface area contributed by atoms with Crippen LogP contribution in [0.15, 0.2) is 57.7 Å². The van der Waals surface area contributed by atoms with E-state index in [2.05, 4.69) is 0 Å². The van der Waals surface area contributed by atoms with Gasteiger partial charge in [-0.2, -0.15) is 0 Å². The van der Waals surface area contributed by atoms with Crippen LogP contribution < -0.4 is 15.1 Å². The lowest BCUT2D eigenvalue weighted by molar-refractivity contribution is 0.305. The Kier molecular flexibility index (Phi) is 3.78. The van der Waals surface area contributed by atoms with Gasteiger partial charge in [0.05, 0.1) is 7.11 Å². The van der Waals surface area contributed by atoms with Crippen molar-refractivity contribution in [3.05, 3.63) is 70.3 Å². The summed E-state index contributed by atoms with van der Waals surface area (Å²) >= 11 is 0. The quantitative estimate of drug-likeness (QED) is 0.692. The van der Waals surface area contributed by atoms with Gasteiger partial charge in [0.25, 0.3) is 0 Å². The van der Waals surface area contributed by atoms with Crippen molar-refractivity contribution in [1.82, 2.24) is 0 Å². The summed E-state index contributed by atoms with van der Waals surface area (Å²) in [6.45, 7) is 0.137. The van der Waals surface area contributed by atoms with Crippen LogP contribution in [0.1, 0.15) is 5.56 Å². The summed E-state index contributed by atoms with van der Waals surface area (Å²) in [5.74, 6) is 0.619. The van der Waals surface area contributed by atoms with Gasteiger partial charge in [-0.3, -0.25) is 0 Å². The molecule has 3 rings (SSSR count). The van der Waals surface area contributed by atoms with Crippen molar-refractivity contribution in [3.63, 3.8) is 0 Å². The molecule has 22 heavy (non-hydrogen) atoms. The smallest absolute Gasteiger partial charge is 0.336 e. The first-order chi connectivity index (χ1) is 10.7. The van der Waals surface area contributed by atoms with Gasteiger partial charge in [-0.05, 0) is 24.3 Å². The average Bonchev–Trinajstić information content (AvgIpc) is 2.52. The van der Waals surface area contributed by atoms with Crippen LogP contribution in [0.25, 0.3) is 11.0 Å². The van der Waals surface area contributed by atoms with Gasteiger partial charge in [0.1, 0.15) is 29.5 Å². The highest BCUT2D eigenvalue weighted by atomic mass is 19.1. The van der Waals surface area contributed by atoms with Gasteiger partial charge in [0.2, 0.25) is 0 Å². The molecule has 0 fully saturated rings. The van der Waals surface area contributed by atoms with Crippen molar-refractivity contribution in [2.75, 3.05) is 7.11 Å². The molecular formula is C17H13FO4. The minimum atomic E-state index is -0.474. The first-order valence-corrected chi connectivity index (χ1v) is 6.65. The Hall–Kier alpha value is -2.82. The Labute approximate surface area is 125 Å². The summed E-state index contributed by atoms with van der Waals surface area (Å²) in [4.78, 5) is 11.6. The van der Waals surface area contributed by atoms with Gasteiger partial charge >= 0.3 is 5.63 Å². The molecule has 0 amide bonds. The minimum absolute atomic E-state index is 0.137. The molecule has 0 atom stereocenters. The van der Waals surface area contributed by atoms with E-state index in [1.54, 1.807) is 30.3 Å². The molecule has 5 heteroatoms. The van der Waals surface area contributed by atoms with E-state index in [1.165, 1.54) is 25.3 Å². The Bertz CT molecular complexity index is 870. The van der Waals surface area contributed by atoms with Gasteiger partial charge in [-0.15, -0.1) is 0 Å². The van der Waals surface area contributed by atoms with Crippen LogP contribution in [0, 0.1) is 5.82 Å². The van der Waals surface area contributed by atoms with Crippen molar-refractivity contribution < 1.29 is 18.3 Å². The van der Waals surface area contributed by atoms with Crippen molar-refractivity contribution >= 4 is 11.0 Å². The van der Waals surface area contributed by atoms with Gasteiger partial charge in [-0.25, -0.2) is 9.18 Å². The van der Waals surface area contributed by atoms with E-state index in [0.717, 1.165) is 5.39 Å². The highest BCUT2D eigenvalue weighted by Gasteiger charge is 2.08. The fourth-order valence-electron chi connectivity index (χ4n) is 2.17. The highest BCUT2D eigenvalue weighted by molar-refractivity contribution is 5.81. The zero-order chi connectivity index (χ0) is 15.5. The zero-order valence-corrected chi connectivity index (χ0v) is 11.8. The molecule has 0 unspecified atom stereocenters. The SMILES string of the molecule is COc1ccc2c(COc3cccc(F)c3)cc(=O)oc2c1. The fourth-order valence-corrected chi connectivity index (χ4v) is 2.17. The third kappa shape index (κ3) is 2.93. The van der Waals surface area contributed by atoms with Crippen LogP contribution >= 0.6 is 0 Å². The lowest BCUT2D eigenvalue weighted by atomic mass is 10.1. The molecule has 2 aromatic carbocycles. The molecule has 0 saturated carbocycles. The van der Waals surface area contributed by atoms with E-state index >= 15 is 0 Å². The molecule has 0 spiro atoms. The second-order valence-corrected chi connectivity index (χ2v) is 4.70. The zero-order valence-electron chi connectivity index (χ0n) is 11.8. The van der Waals surface area contributed by atoms with Crippen molar-refractivity contribution in [3.8, 4) is 11.5 Å². The summed E-state index contributed by atoms with van der Waals surface area (Å²) in [5.41, 5.74) is 0.612. The maximum atomic E-state index is 13.1. The first-order valence-electron chi connectivity index (χ1n) is 6.65. The minimum Gasteiger partial charge on any atom is -0.497 e. The summed E-state index contributed by atoms with van der Waals surface area (Å²) in [5, 5.41) is 0.747. The number of halogens is 1. The number of ether oxygens (including phenoxy) is 2. The largest absolute Gasteiger partial charge is 0.497 e. The normalized spacial score (nSPS) is 10.6. The molecule has 0 aliphatic carbocycles. The maximum absolute atomic E-state index is 13.1. The van der Waals surface area contributed by atoms with Gasteiger partial charge in [0, 0.05) is 29.1 Å². The van der Waals surface area contributed by atoms with E-state index in [1.807, 2.05) is 0 Å². The average molecular weight is 300 g/mol. The predicted octanol–water partition coefficient (Wildman–Crippen LogP) is 3.52. The first kappa shape index (κ1) is 14.1. The summed E-state index contributed by atoms with van der Waals surface area (Å²) in [7, 11) is 1.54. The number of fused-ring (bicyclic) bond motifs is 1. The summed E-state index contributed by atoms with van der Waals surface area (Å²) < 4.78 is 28.9. The van der Waals surface area contributed by atoms with Crippen LogP contribution in [0.4, 0.5) is 4.39 Å². The van der Waals surface area contributed by atoms with E-state index in [-0.39, 0.29) is 12.4 Å². The van der Waals surface area contributed by atoms with Crippen LogP contribution in [0.5, 0.6) is 11.5 Å². The van der Waals surface area contributed by atoms with Crippen LogP contribution in [-0.4, -0.2) is 7.11 Å². The summed E-state index contributed by atoms with van der Waals surface area (Å²) in [6.07, 6.45) is 0. The van der Waals surface area contributed by atoms with Crippen molar-refractivity contribution in [1.29, 1.82) is 0 Å². The van der Waals surface area contributed by atoms with Crippen molar-refractivity contribution in [2.45, 2.75) is 6.61 Å². The lowest BCUT2D eigenvalue weighted by Gasteiger charge is -2.09. The molecule has 0 aliphatic heterocycles. The monoisotopic (exact) mass is 300 g/mol. The van der Waals surface area contributed by atoms with Crippen molar-refractivity contribution in [2.24, 2.45) is 0 Å². The van der Waals surface area contributed by atoms with E-state index in [9.17, 15) is 9.18 Å². The molecule has 0 bridgehead atoms. The number of rotatable bonds is 4. The molecule has 3 aromatic rings. The number of methoxy groups -OCH3 is 1. The standard InChI is InChI=1S/C17H13FO4/c1-20-13-5-6-15-11(7-17(19)22-16(15)9-13)10-21-14-4-2-3-12(18)8-14/h2-9H,10H2,1H3. The maximum Gasteiger partial charge on any atom is 0.336 e. The third-order valence-electron chi connectivity index (χ3n) is 3.23. The Morgan fingerprint density at radius 1 is 1.09 bits per heavy atom. The predicted molar refractivity (Wildman–Crippen MR) is 79.8 cm³/mol. The van der Waals surface area contributed by atoms with E-state index in [4.69, 9.17) is 13.9 Å². The molecule has 112 valence electrons. The van der Waals surface area contributed by atoms with Gasteiger partial charge in [-0.1, -0.05) is 6.07 Å². The molecule has 4 nitrogen and oxygen atoms in total. The molecule has 1 aromatic heterocycles. The van der Waals surface area contributed by atoms with Crippen LogP contribution in [0.3, 0.4) is 0 Å². The van der Waals surface area contributed by atoms with Gasteiger partial charge in [0.15, 0.2) is 0 Å². The number of benzene rings is 2. The summed E-state index contributed by atoms with van der Waals surface area (Å²) in [6, 6.07) is 12.4. The Morgan fingerprint density at radius 3 is 2.73 bits per heavy atom. The highest BCUT2D eigenvalue weighted by Crippen LogP contribution is 2.23. The van der Waals surface area contributed by atoms with Crippen LogP contribution in [-0.2, 0) is 6.61 Å². The second-order valence-electron chi connectivity index (χ2n) is 4.70. The molecule has 0 saturated heterocycles. The van der Waals surface area contributed by atoms with E-state index < -0.39 is 5.63 Å². The molecular weight excluding hydrogens is 287 g/mol. The van der Waals surface area contributed by atoms with Crippen LogP contribution in [0.2, 0.25) is 0 Å². The molecule has 0 N–H and O–H groups in total. The number of hydrogen-bond donors (Lipinski definition) is 0. The Morgan fingerprint density at radius 2 is 1.95 bits per heavy atom. The molecule has 0 radical (unpaired) electrons. The fraction of sp³-hybridized carbons (Fsp3) is 0.118. The topological polar surface area (TPSA) is 48.7 Å². The van der Waals surface area contributed by atoms with E-state index in [0.29, 0.717) is 22.6 Å². The number of hydrogen-bond acceptors (Lipinski definition) is 4. The molecule has 1 heterocycles. The second kappa shape index (κ2) is 5.89. The van der Waals surface area contributed by atoms with Gasteiger partial charge < -0.3 is 13.9 Å².